The minimum Gasteiger partial charge on any atom is -0.508 e. The van der Waals surface area contributed by atoms with Crippen LogP contribution in [-0.4, -0.2) is 31.7 Å². The second-order valence-corrected chi connectivity index (χ2v) is 5.18. The monoisotopic (exact) mass is 278 g/mol. The topological polar surface area (TPSA) is 65.0 Å². The normalized spacial score (nSPS) is 19.9. The van der Waals surface area contributed by atoms with Gasteiger partial charge in [-0.05, 0) is 43.1 Å². The lowest BCUT2D eigenvalue weighted by molar-refractivity contribution is 0.240. The summed E-state index contributed by atoms with van der Waals surface area (Å²) in [5.74, 6) is 1.14. The van der Waals surface area contributed by atoms with Gasteiger partial charge in [-0.15, -0.1) is 0 Å². The first-order valence-corrected chi connectivity index (χ1v) is 6.68. The summed E-state index contributed by atoms with van der Waals surface area (Å²) >= 11 is 6.17. The highest BCUT2D eigenvalue weighted by molar-refractivity contribution is 6.31. The molecule has 6 heteroatoms. The summed E-state index contributed by atoms with van der Waals surface area (Å²) in [6.07, 6.45) is 3.72. The third kappa shape index (κ3) is 2.57. The van der Waals surface area contributed by atoms with Crippen molar-refractivity contribution < 1.29 is 5.11 Å². The Hall–Kier alpha value is -1.59. The zero-order valence-corrected chi connectivity index (χ0v) is 11.1. The predicted molar refractivity (Wildman–Crippen MR) is 71.9 cm³/mol. The quantitative estimate of drug-likeness (QED) is 0.905. The second kappa shape index (κ2) is 5.19. The molecule has 0 unspecified atom stereocenters. The van der Waals surface area contributed by atoms with Crippen molar-refractivity contribution in [2.75, 3.05) is 6.54 Å². The Kier molecular flexibility index (Phi) is 3.40. The molecule has 1 fully saturated rings. The maximum absolute atomic E-state index is 9.56. The van der Waals surface area contributed by atoms with E-state index < -0.39 is 0 Å². The Morgan fingerprint density at radius 1 is 1.47 bits per heavy atom. The number of phenolic OH excluding ortho intramolecular Hbond substituents is 1. The van der Waals surface area contributed by atoms with E-state index >= 15 is 0 Å². The molecule has 0 saturated carbocycles. The van der Waals surface area contributed by atoms with Crippen molar-refractivity contribution in [2.45, 2.75) is 25.4 Å². The molecule has 1 aromatic heterocycles. The molecule has 2 heterocycles. The first kappa shape index (κ1) is 12.4. The van der Waals surface area contributed by atoms with E-state index in [1.54, 1.807) is 18.2 Å². The van der Waals surface area contributed by atoms with Crippen LogP contribution in [0.2, 0.25) is 5.02 Å². The number of nitrogens with one attached hydrogen (secondary N) is 1. The highest BCUT2D eigenvalue weighted by Crippen LogP contribution is 2.32. The lowest BCUT2D eigenvalue weighted by Gasteiger charge is -2.23. The fourth-order valence-corrected chi connectivity index (χ4v) is 2.78. The third-order valence-electron chi connectivity index (χ3n) is 3.52. The number of halogens is 1. The number of rotatable bonds is 3. The molecule has 5 nitrogen and oxygen atoms in total. The van der Waals surface area contributed by atoms with Crippen LogP contribution in [0.1, 0.15) is 30.3 Å². The molecular formula is C13H15ClN4O. The number of aromatic nitrogens is 3. The van der Waals surface area contributed by atoms with E-state index in [1.807, 2.05) is 0 Å². The first-order valence-electron chi connectivity index (χ1n) is 6.31. The average molecular weight is 279 g/mol. The Labute approximate surface area is 116 Å². The van der Waals surface area contributed by atoms with E-state index in [1.165, 1.54) is 6.33 Å². The van der Waals surface area contributed by atoms with Gasteiger partial charge in [0.1, 0.15) is 17.9 Å². The smallest absolute Gasteiger partial charge is 0.141 e. The van der Waals surface area contributed by atoms with Crippen LogP contribution < -0.4 is 0 Å². The average Bonchev–Trinajstić information content (AvgIpc) is 3.03. The van der Waals surface area contributed by atoms with Crippen LogP contribution in [0.4, 0.5) is 0 Å². The van der Waals surface area contributed by atoms with Crippen molar-refractivity contribution in [1.82, 2.24) is 20.1 Å². The zero-order valence-electron chi connectivity index (χ0n) is 10.4. The van der Waals surface area contributed by atoms with Crippen LogP contribution in [0.3, 0.4) is 0 Å². The summed E-state index contributed by atoms with van der Waals surface area (Å²) < 4.78 is 0. The lowest BCUT2D eigenvalue weighted by Crippen LogP contribution is -2.23. The molecule has 1 aliphatic rings. The standard InChI is InChI=1S/C13H15ClN4O/c14-11-4-3-10(19)6-9(11)7-18-5-1-2-12(18)13-15-8-16-17-13/h3-4,6,8,12,19H,1-2,5,7H2,(H,15,16,17)/t12-/m0/s1. The molecule has 0 radical (unpaired) electrons. The van der Waals surface area contributed by atoms with Crippen LogP contribution >= 0.6 is 11.6 Å². The number of nitrogens with zero attached hydrogens (tertiary/aromatic N) is 3. The molecule has 3 rings (SSSR count). The lowest BCUT2D eigenvalue weighted by atomic mass is 10.1. The largest absolute Gasteiger partial charge is 0.508 e. The minimum absolute atomic E-state index is 0.245. The maximum atomic E-state index is 9.56. The molecule has 19 heavy (non-hydrogen) atoms. The van der Waals surface area contributed by atoms with Crippen LogP contribution in [0.5, 0.6) is 5.75 Å². The van der Waals surface area contributed by atoms with Gasteiger partial charge in [0, 0.05) is 11.6 Å². The molecule has 1 saturated heterocycles. The summed E-state index contributed by atoms with van der Waals surface area (Å²) in [6, 6.07) is 5.30. The molecule has 0 aliphatic carbocycles. The summed E-state index contributed by atoms with van der Waals surface area (Å²) in [7, 11) is 0. The third-order valence-corrected chi connectivity index (χ3v) is 3.88. The fourth-order valence-electron chi connectivity index (χ4n) is 2.60. The summed E-state index contributed by atoms with van der Waals surface area (Å²) in [5.41, 5.74) is 0.938. The highest BCUT2D eigenvalue weighted by atomic mass is 35.5. The molecule has 0 amide bonds. The van der Waals surface area contributed by atoms with Crippen molar-refractivity contribution in [3.8, 4) is 5.75 Å². The Morgan fingerprint density at radius 3 is 3.16 bits per heavy atom. The van der Waals surface area contributed by atoms with Gasteiger partial charge in [0.05, 0.1) is 6.04 Å². The molecule has 100 valence electrons. The Bertz CT molecular complexity index is 558. The van der Waals surface area contributed by atoms with Crippen molar-refractivity contribution >= 4 is 11.6 Å². The van der Waals surface area contributed by atoms with E-state index in [4.69, 9.17) is 11.6 Å². The number of aromatic amines is 1. The molecule has 1 atom stereocenters. The van der Waals surface area contributed by atoms with Gasteiger partial charge in [0.15, 0.2) is 0 Å². The van der Waals surface area contributed by atoms with E-state index in [-0.39, 0.29) is 11.8 Å². The minimum atomic E-state index is 0.245. The van der Waals surface area contributed by atoms with Crippen LogP contribution in [0.15, 0.2) is 24.5 Å². The number of likely N-dealkylation sites (tertiary alicyclic amines) is 1. The maximum Gasteiger partial charge on any atom is 0.141 e. The molecule has 2 aromatic rings. The molecular weight excluding hydrogens is 264 g/mol. The van der Waals surface area contributed by atoms with Crippen molar-refractivity contribution in [3.05, 3.63) is 40.9 Å². The van der Waals surface area contributed by atoms with E-state index in [9.17, 15) is 5.11 Å². The highest BCUT2D eigenvalue weighted by Gasteiger charge is 2.28. The van der Waals surface area contributed by atoms with Crippen LogP contribution in [0, 0.1) is 0 Å². The SMILES string of the molecule is Oc1ccc(Cl)c(CN2CCC[C@H]2c2ncn[nH]2)c1. The summed E-state index contributed by atoms with van der Waals surface area (Å²) in [4.78, 5) is 6.55. The van der Waals surface area contributed by atoms with Gasteiger partial charge in [-0.2, -0.15) is 5.10 Å². The van der Waals surface area contributed by atoms with E-state index in [2.05, 4.69) is 20.1 Å². The number of aromatic hydroxyl groups is 1. The molecule has 0 spiro atoms. The molecule has 1 aromatic carbocycles. The Balaban J connectivity index is 1.80. The van der Waals surface area contributed by atoms with Crippen molar-refractivity contribution in [1.29, 1.82) is 0 Å². The van der Waals surface area contributed by atoms with Crippen LogP contribution in [0.25, 0.3) is 0 Å². The van der Waals surface area contributed by atoms with Gasteiger partial charge < -0.3 is 5.11 Å². The number of phenols is 1. The predicted octanol–water partition coefficient (Wildman–Crippen LogP) is 2.50. The van der Waals surface area contributed by atoms with Gasteiger partial charge in [0.25, 0.3) is 0 Å². The Morgan fingerprint density at radius 2 is 2.37 bits per heavy atom. The summed E-state index contributed by atoms with van der Waals surface area (Å²) in [6.45, 7) is 1.70. The van der Waals surface area contributed by atoms with Crippen LogP contribution in [-0.2, 0) is 6.54 Å². The number of hydrogen-bond acceptors (Lipinski definition) is 4. The van der Waals surface area contributed by atoms with E-state index in [0.29, 0.717) is 11.6 Å². The number of benzene rings is 1. The van der Waals surface area contributed by atoms with Crippen molar-refractivity contribution in [3.63, 3.8) is 0 Å². The molecule has 0 bridgehead atoms. The van der Waals surface area contributed by atoms with E-state index in [0.717, 1.165) is 30.8 Å². The first-order chi connectivity index (χ1) is 9.24. The second-order valence-electron chi connectivity index (χ2n) is 4.77. The van der Waals surface area contributed by atoms with Gasteiger partial charge in [-0.25, -0.2) is 4.98 Å². The van der Waals surface area contributed by atoms with Gasteiger partial charge in [0.2, 0.25) is 0 Å². The number of hydrogen-bond donors (Lipinski definition) is 2. The van der Waals surface area contributed by atoms with Gasteiger partial charge in [-0.3, -0.25) is 10.00 Å². The number of H-pyrrole nitrogens is 1. The molecule has 1 aliphatic heterocycles. The summed E-state index contributed by atoms with van der Waals surface area (Å²) in [5, 5.41) is 17.1. The van der Waals surface area contributed by atoms with Crippen molar-refractivity contribution in [2.24, 2.45) is 0 Å². The van der Waals surface area contributed by atoms with Gasteiger partial charge in [-0.1, -0.05) is 11.6 Å². The van der Waals surface area contributed by atoms with Gasteiger partial charge >= 0.3 is 0 Å². The fraction of sp³-hybridized carbons (Fsp3) is 0.385. The zero-order chi connectivity index (χ0) is 13.2. The molecule has 2 N–H and O–H groups in total.